The van der Waals surface area contributed by atoms with E-state index in [1.807, 2.05) is 25.2 Å². The molecule has 6 heteroatoms. The zero-order valence-electron chi connectivity index (χ0n) is 12.4. The van der Waals surface area contributed by atoms with Crippen molar-refractivity contribution < 1.29 is 4.92 Å². The van der Waals surface area contributed by atoms with E-state index in [-0.39, 0.29) is 10.6 Å². The Bertz CT molecular complexity index is 865. The normalized spacial score (nSPS) is 10.7. The van der Waals surface area contributed by atoms with Gasteiger partial charge < -0.3 is 4.90 Å². The largest absolute Gasteiger partial charge is 0.370 e. The molecule has 0 radical (unpaired) electrons. The molecule has 0 bridgehead atoms. The fourth-order valence-electron chi connectivity index (χ4n) is 2.60. The lowest BCUT2D eigenvalue weighted by atomic mass is 10.1. The Labute approximate surface area is 141 Å². The molecule has 0 aliphatic rings. The summed E-state index contributed by atoms with van der Waals surface area (Å²) in [5, 5.41) is 12.6. The quantitative estimate of drug-likeness (QED) is 0.498. The molecule has 0 aliphatic heterocycles. The van der Waals surface area contributed by atoms with E-state index in [0.29, 0.717) is 11.9 Å². The fraction of sp³-hybridized carbons (Fsp3) is 0.118. The lowest BCUT2D eigenvalue weighted by Gasteiger charge is -2.21. The van der Waals surface area contributed by atoms with Crippen LogP contribution >= 0.6 is 15.9 Å². The highest BCUT2D eigenvalue weighted by Gasteiger charge is 2.16. The van der Waals surface area contributed by atoms with Crippen LogP contribution in [-0.2, 0) is 6.54 Å². The molecule has 0 saturated carbocycles. The predicted octanol–water partition coefficient (Wildman–Crippen LogP) is 4.54. The molecule has 2 aromatic carbocycles. The molecule has 1 aromatic heterocycles. The van der Waals surface area contributed by atoms with Gasteiger partial charge in [-0.25, -0.2) is 0 Å². The Balaban J connectivity index is 2.00. The SMILES string of the molecule is CN(Cc1ccc(Br)cc1)c1ccc([N+](=O)[O-])c2cnccc12. The van der Waals surface area contributed by atoms with Crippen molar-refractivity contribution in [3.8, 4) is 0 Å². The first-order valence-electron chi connectivity index (χ1n) is 7.03. The summed E-state index contributed by atoms with van der Waals surface area (Å²) in [6.45, 7) is 0.711. The minimum atomic E-state index is -0.373. The second-order valence-electron chi connectivity index (χ2n) is 5.26. The highest BCUT2D eigenvalue weighted by Crippen LogP contribution is 2.33. The molecule has 0 N–H and O–H groups in total. The number of hydrogen-bond acceptors (Lipinski definition) is 4. The zero-order valence-corrected chi connectivity index (χ0v) is 14.0. The monoisotopic (exact) mass is 371 g/mol. The van der Waals surface area contributed by atoms with E-state index in [9.17, 15) is 10.1 Å². The third-order valence-electron chi connectivity index (χ3n) is 3.71. The Morgan fingerprint density at radius 1 is 1.13 bits per heavy atom. The summed E-state index contributed by atoms with van der Waals surface area (Å²) in [6, 6.07) is 13.3. The fourth-order valence-corrected chi connectivity index (χ4v) is 2.86. The summed E-state index contributed by atoms with van der Waals surface area (Å²) in [6.07, 6.45) is 3.20. The van der Waals surface area contributed by atoms with Crippen LogP contribution in [0.3, 0.4) is 0 Å². The van der Waals surface area contributed by atoms with E-state index in [1.165, 1.54) is 6.07 Å². The molecule has 0 amide bonds. The first kappa shape index (κ1) is 15.4. The molecule has 0 aliphatic carbocycles. The maximum Gasteiger partial charge on any atom is 0.278 e. The minimum absolute atomic E-state index is 0.0777. The Hall–Kier alpha value is -2.47. The van der Waals surface area contributed by atoms with Gasteiger partial charge in [0, 0.05) is 47.6 Å². The molecule has 23 heavy (non-hydrogen) atoms. The summed E-state index contributed by atoms with van der Waals surface area (Å²) in [5.41, 5.74) is 2.18. The first-order valence-corrected chi connectivity index (χ1v) is 7.82. The molecular weight excluding hydrogens is 358 g/mol. The van der Waals surface area contributed by atoms with Gasteiger partial charge in [-0.15, -0.1) is 0 Å². The number of nitro benzene ring substituents is 1. The second kappa shape index (κ2) is 6.34. The summed E-state index contributed by atoms with van der Waals surface area (Å²) >= 11 is 3.43. The number of halogens is 1. The van der Waals surface area contributed by atoms with Crippen molar-refractivity contribution in [2.45, 2.75) is 6.54 Å². The van der Waals surface area contributed by atoms with Crippen LogP contribution in [0.5, 0.6) is 0 Å². The van der Waals surface area contributed by atoms with E-state index < -0.39 is 0 Å². The van der Waals surface area contributed by atoms with Crippen molar-refractivity contribution in [2.75, 3.05) is 11.9 Å². The molecule has 5 nitrogen and oxygen atoms in total. The first-order chi connectivity index (χ1) is 11.1. The standard InChI is InChI=1S/C17H14BrN3O2/c1-20(11-12-2-4-13(18)5-3-12)16-6-7-17(21(22)23)15-10-19-9-8-14(15)16/h2-10H,11H2,1H3. The molecule has 1 heterocycles. The zero-order chi connectivity index (χ0) is 16.4. The lowest BCUT2D eigenvalue weighted by Crippen LogP contribution is -2.16. The molecule has 0 atom stereocenters. The van der Waals surface area contributed by atoms with E-state index in [2.05, 4.69) is 37.9 Å². The molecule has 3 aromatic rings. The second-order valence-corrected chi connectivity index (χ2v) is 6.18. The molecular formula is C17H14BrN3O2. The van der Waals surface area contributed by atoms with Crippen molar-refractivity contribution in [1.29, 1.82) is 0 Å². The number of aromatic nitrogens is 1. The van der Waals surface area contributed by atoms with Crippen molar-refractivity contribution in [3.63, 3.8) is 0 Å². The average Bonchev–Trinajstić information content (AvgIpc) is 2.55. The van der Waals surface area contributed by atoms with E-state index in [0.717, 1.165) is 21.1 Å². The van der Waals surface area contributed by atoms with Crippen LogP contribution < -0.4 is 4.90 Å². The highest BCUT2D eigenvalue weighted by atomic mass is 79.9. The predicted molar refractivity (Wildman–Crippen MR) is 94.6 cm³/mol. The van der Waals surface area contributed by atoms with Crippen molar-refractivity contribution in [2.24, 2.45) is 0 Å². The van der Waals surface area contributed by atoms with Crippen molar-refractivity contribution in [3.05, 3.63) is 75.0 Å². The number of hydrogen-bond donors (Lipinski definition) is 0. The maximum atomic E-state index is 11.2. The Morgan fingerprint density at radius 2 is 1.87 bits per heavy atom. The van der Waals surface area contributed by atoms with Crippen LogP contribution in [0.15, 0.2) is 59.3 Å². The van der Waals surface area contributed by atoms with Gasteiger partial charge in [-0.1, -0.05) is 28.1 Å². The number of non-ortho nitro benzene ring substituents is 1. The summed E-state index contributed by atoms with van der Waals surface area (Å²) in [7, 11) is 1.98. The Morgan fingerprint density at radius 3 is 2.57 bits per heavy atom. The summed E-state index contributed by atoms with van der Waals surface area (Å²) in [5.74, 6) is 0. The van der Waals surface area contributed by atoms with Crippen LogP contribution in [0, 0.1) is 10.1 Å². The van der Waals surface area contributed by atoms with Gasteiger partial charge in [-0.3, -0.25) is 15.1 Å². The lowest BCUT2D eigenvalue weighted by molar-refractivity contribution is -0.383. The molecule has 0 unspecified atom stereocenters. The van der Waals surface area contributed by atoms with Crippen molar-refractivity contribution in [1.82, 2.24) is 4.98 Å². The number of anilines is 1. The van der Waals surface area contributed by atoms with Crippen LogP contribution in [0.1, 0.15) is 5.56 Å². The minimum Gasteiger partial charge on any atom is -0.370 e. The highest BCUT2D eigenvalue weighted by molar-refractivity contribution is 9.10. The summed E-state index contributed by atoms with van der Waals surface area (Å²) < 4.78 is 1.04. The van der Waals surface area contributed by atoms with Gasteiger partial charge >= 0.3 is 0 Å². The number of pyridine rings is 1. The number of benzene rings is 2. The number of nitro groups is 1. The topological polar surface area (TPSA) is 59.3 Å². The number of nitrogens with zero attached hydrogens (tertiary/aromatic N) is 3. The molecule has 0 saturated heterocycles. The van der Waals surface area contributed by atoms with Gasteiger partial charge in [-0.05, 0) is 29.8 Å². The average molecular weight is 372 g/mol. The maximum absolute atomic E-state index is 11.2. The van der Waals surface area contributed by atoms with E-state index >= 15 is 0 Å². The number of fused-ring (bicyclic) bond motifs is 1. The van der Waals surface area contributed by atoms with Crippen LogP contribution in [-0.4, -0.2) is 17.0 Å². The smallest absolute Gasteiger partial charge is 0.278 e. The van der Waals surface area contributed by atoms with E-state index in [1.54, 1.807) is 18.5 Å². The molecule has 0 fully saturated rings. The summed E-state index contributed by atoms with van der Waals surface area (Å²) in [4.78, 5) is 16.9. The van der Waals surface area contributed by atoms with Crippen molar-refractivity contribution >= 4 is 38.1 Å². The Kier molecular flexibility index (Phi) is 4.25. The van der Waals surface area contributed by atoms with Crippen LogP contribution in [0.2, 0.25) is 0 Å². The van der Waals surface area contributed by atoms with Gasteiger partial charge in [0.1, 0.15) is 0 Å². The third-order valence-corrected chi connectivity index (χ3v) is 4.24. The van der Waals surface area contributed by atoms with Gasteiger partial charge in [0.05, 0.1) is 10.3 Å². The molecule has 116 valence electrons. The molecule has 0 spiro atoms. The van der Waals surface area contributed by atoms with Gasteiger partial charge in [-0.2, -0.15) is 0 Å². The van der Waals surface area contributed by atoms with Gasteiger partial charge in [0.25, 0.3) is 5.69 Å². The number of rotatable bonds is 4. The van der Waals surface area contributed by atoms with Crippen LogP contribution in [0.25, 0.3) is 10.8 Å². The molecule has 3 rings (SSSR count). The van der Waals surface area contributed by atoms with Crippen LogP contribution in [0.4, 0.5) is 11.4 Å². The third kappa shape index (κ3) is 3.17. The van der Waals surface area contributed by atoms with E-state index in [4.69, 9.17) is 0 Å². The van der Waals surface area contributed by atoms with Gasteiger partial charge in [0.2, 0.25) is 0 Å². The van der Waals surface area contributed by atoms with Gasteiger partial charge in [0.15, 0.2) is 0 Å².